The van der Waals surface area contributed by atoms with E-state index in [9.17, 15) is 4.79 Å². The maximum Gasteiger partial charge on any atom is 0.348 e. The van der Waals surface area contributed by atoms with E-state index in [1.807, 2.05) is 11.4 Å². The van der Waals surface area contributed by atoms with Crippen molar-refractivity contribution in [3.8, 4) is 10.6 Å². The first kappa shape index (κ1) is 10.1. The summed E-state index contributed by atoms with van der Waals surface area (Å²) in [6.45, 7) is 0. The van der Waals surface area contributed by atoms with E-state index >= 15 is 0 Å². The van der Waals surface area contributed by atoms with Gasteiger partial charge in [0.25, 0.3) is 0 Å². The highest BCUT2D eigenvalue weighted by Crippen LogP contribution is 2.29. The van der Waals surface area contributed by atoms with Crippen molar-refractivity contribution in [2.75, 3.05) is 12.8 Å². The quantitative estimate of drug-likeness (QED) is 0.817. The van der Waals surface area contributed by atoms with Crippen LogP contribution in [0.1, 0.15) is 9.67 Å². The molecule has 0 atom stereocenters. The molecule has 0 bridgehead atoms. The number of rotatable bonds is 2. The minimum atomic E-state index is -0.325. The number of thiazole rings is 1. The molecule has 0 aliphatic carbocycles. The highest BCUT2D eigenvalue weighted by molar-refractivity contribution is 7.18. The summed E-state index contributed by atoms with van der Waals surface area (Å²) >= 11 is 2.73. The first-order valence-electron chi connectivity index (χ1n) is 4.10. The summed E-state index contributed by atoms with van der Waals surface area (Å²) in [6.07, 6.45) is 0. The highest BCUT2D eigenvalue weighted by atomic mass is 32.1. The second-order valence-electron chi connectivity index (χ2n) is 2.73. The standard InChI is InChI=1S/C9H8N2O2S2/c1-13-8(12)7-3-2-6(15-7)5-4-14-9(10)11-5/h2-4H,1H3,(H2,10,11). The highest BCUT2D eigenvalue weighted by Gasteiger charge is 2.11. The van der Waals surface area contributed by atoms with Crippen LogP contribution in [0.3, 0.4) is 0 Å². The maximum atomic E-state index is 11.2. The maximum absolute atomic E-state index is 11.2. The van der Waals surface area contributed by atoms with Gasteiger partial charge in [-0.3, -0.25) is 0 Å². The fraction of sp³-hybridized carbons (Fsp3) is 0.111. The number of nitrogen functional groups attached to an aromatic ring is 1. The molecule has 0 amide bonds. The molecular weight excluding hydrogens is 232 g/mol. The van der Waals surface area contributed by atoms with Crippen molar-refractivity contribution in [1.82, 2.24) is 4.98 Å². The van der Waals surface area contributed by atoms with Gasteiger partial charge in [0.15, 0.2) is 5.13 Å². The summed E-state index contributed by atoms with van der Waals surface area (Å²) in [5.41, 5.74) is 6.33. The molecule has 0 saturated heterocycles. The van der Waals surface area contributed by atoms with Crippen LogP contribution in [0, 0.1) is 0 Å². The van der Waals surface area contributed by atoms with Crippen molar-refractivity contribution in [2.45, 2.75) is 0 Å². The Morgan fingerprint density at radius 3 is 2.93 bits per heavy atom. The molecule has 78 valence electrons. The van der Waals surface area contributed by atoms with E-state index in [2.05, 4.69) is 9.72 Å². The van der Waals surface area contributed by atoms with Crippen LogP contribution in [0.2, 0.25) is 0 Å². The fourth-order valence-electron chi connectivity index (χ4n) is 1.09. The Bertz CT molecular complexity index is 490. The molecule has 0 aromatic carbocycles. The van der Waals surface area contributed by atoms with E-state index in [1.54, 1.807) is 6.07 Å². The monoisotopic (exact) mass is 240 g/mol. The normalized spacial score (nSPS) is 10.2. The van der Waals surface area contributed by atoms with Gasteiger partial charge in [-0.25, -0.2) is 9.78 Å². The van der Waals surface area contributed by atoms with Gasteiger partial charge in [0.1, 0.15) is 4.88 Å². The van der Waals surface area contributed by atoms with Crippen LogP contribution in [0.25, 0.3) is 10.6 Å². The lowest BCUT2D eigenvalue weighted by molar-refractivity contribution is 0.0606. The van der Waals surface area contributed by atoms with Crippen molar-refractivity contribution in [3.05, 3.63) is 22.4 Å². The minimum Gasteiger partial charge on any atom is -0.465 e. The molecule has 0 radical (unpaired) electrons. The van der Waals surface area contributed by atoms with Crippen molar-refractivity contribution in [3.63, 3.8) is 0 Å². The molecule has 2 aromatic rings. The lowest BCUT2D eigenvalue weighted by Gasteiger charge is -1.91. The third-order valence-corrected chi connectivity index (χ3v) is 3.53. The molecule has 0 aliphatic heterocycles. The Labute approximate surface area is 94.3 Å². The third-order valence-electron chi connectivity index (χ3n) is 1.77. The van der Waals surface area contributed by atoms with Crippen LogP contribution in [0.5, 0.6) is 0 Å². The average Bonchev–Trinajstić information content (AvgIpc) is 2.84. The number of ether oxygens (including phenoxy) is 1. The van der Waals surface area contributed by atoms with Gasteiger partial charge >= 0.3 is 5.97 Å². The molecule has 6 heteroatoms. The molecule has 0 spiro atoms. The molecule has 2 rings (SSSR count). The number of nitrogens with zero attached hydrogens (tertiary/aromatic N) is 1. The van der Waals surface area contributed by atoms with Crippen molar-refractivity contribution < 1.29 is 9.53 Å². The SMILES string of the molecule is COC(=O)c1ccc(-c2csc(N)n2)s1. The predicted octanol–water partition coefficient (Wildman–Crippen LogP) is 2.24. The van der Waals surface area contributed by atoms with Gasteiger partial charge in [-0.1, -0.05) is 0 Å². The summed E-state index contributed by atoms with van der Waals surface area (Å²) in [5.74, 6) is -0.325. The summed E-state index contributed by atoms with van der Waals surface area (Å²) in [4.78, 5) is 16.8. The van der Waals surface area contributed by atoms with Crippen LogP contribution in [-0.2, 0) is 4.74 Å². The number of anilines is 1. The Kier molecular flexibility index (Phi) is 2.70. The van der Waals surface area contributed by atoms with Gasteiger partial charge in [0.05, 0.1) is 17.7 Å². The van der Waals surface area contributed by atoms with Gasteiger partial charge in [-0.05, 0) is 12.1 Å². The molecular formula is C9H8N2O2S2. The van der Waals surface area contributed by atoms with E-state index in [0.717, 1.165) is 10.6 Å². The molecule has 15 heavy (non-hydrogen) atoms. The lowest BCUT2D eigenvalue weighted by Crippen LogP contribution is -1.96. The average molecular weight is 240 g/mol. The first-order chi connectivity index (χ1) is 7.20. The summed E-state index contributed by atoms with van der Waals surface area (Å²) in [5, 5.41) is 2.39. The second-order valence-corrected chi connectivity index (χ2v) is 4.70. The number of hydrogen-bond acceptors (Lipinski definition) is 6. The number of esters is 1. The number of thiophene rings is 1. The van der Waals surface area contributed by atoms with Crippen molar-refractivity contribution in [2.24, 2.45) is 0 Å². The van der Waals surface area contributed by atoms with Gasteiger partial charge < -0.3 is 10.5 Å². The predicted molar refractivity (Wildman–Crippen MR) is 61.2 cm³/mol. The summed E-state index contributed by atoms with van der Waals surface area (Å²) < 4.78 is 4.62. The zero-order valence-electron chi connectivity index (χ0n) is 7.89. The van der Waals surface area contributed by atoms with Gasteiger partial charge in [0, 0.05) is 5.38 Å². The number of aromatic nitrogens is 1. The van der Waals surface area contributed by atoms with Crippen LogP contribution >= 0.6 is 22.7 Å². The van der Waals surface area contributed by atoms with Gasteiger partial charge in [0.2, 0.25) is 0 Å². The Hall–Kier alpha value is -1.40. The Balaban J connectivity index is 2.31. The van der Waals surface area contributed by atoms with E-state index in [0.29, 0.717) is 10.0 Å². The van der Waals surface area contributed by atoms with Gasteiger partial charge in [-0.2, -0.15) is 0 Å². The van der Waals surface area contributed by atoms with Crippen molar-refractivity contribution >= 4 is 33.8 Å². The zero-order valence-corrected chi connectivity index (χ0v) is 9.52. The molecule has 0 saturated carbocycles. The fourth-order valence-corrected chi connectivity index (χ4v) is 2.61. The van der Waals surface area contributed by atoms with Crippen LogP contribution in [-0.4, -0.2) is 18.1 Å². The molecule has 2 N–H and O–H groups in total. The van der Waals surface area contributed by atoms with Crippen LogP contribution in [0.4, 0.5) is 5.13 Å². The van der Waals surface area contributed by atoms with Crippen molar-refractivity contribution in [1.29, 1.82) is 0 Å². The number of carbonyl (C=O) groups is 1. The first-order valence-corrected chi connectivity index (χ1v) is 5.80. The lowest BCUT2D eigenvalue weighted by atomic mass is 10.4. The Morgan fingerprint density at radius 1 is 1.53 bits per heavy atom. The van der Waals surface area contributed by atoms with Crippen LogP contribution < -0.4 is 5.73 Å². The van der Waals surface area contributed by atoms with Crippen LogP contribution in [0.15, 0.2) is 17.5 Å². The molecule has 0 unspecified atom stereocenters. The van der Waals surface area contributed by atoms with E-state index in [-0.39, 0.29) is 5.97 Å². The molecule has 4 nitrogen and oxygen atoms in total. The molecule has 0 aliphatic rings. The topological polar surface area (TPSA) is 65.2 Å². The number of methoxy groups -OCH3 is 1. The smallest absolute Gasteiger partial charge is 0.348 e. The molecule has 2 aromatic heterocycles. The molecule has 2 heterocycles. The molecule has 0 fully saturated rings. The Morgan fingerprint density at radius 2 is 2.33 bits per heavy atom. The third kappa shape index (κ3) is 2.00. The number of carbonyl (C=O) groups excluding carboxylic acids is 1. The number of hydrogen-bond donors (Lipinski definition) is 1. The van der Waals surface area contributed by atoms with E-state index < -0.39 is 0 Å². The second kappa shape index (κ2) is 4.00. The largest absolute Gasteiger partial charge is 0.465 e. The minimum absolute atomic E-state index is 0.325. The summed E-state index contributed by atoms with van der Waals surface area (Å²) in [6, 6.07) is 3.56. The number of nitrogens with two attached hydrogens (primary N) is 1. The van der Waals surface area contributed by atoms with E-state index in [1.165, 1.54) is 29.8 Å². The van der Waals surface area contributed by atoms with E-state index in [4.69, 9.17) is 5.73 Å². The summed E-state index contributed by atoms with van der Waals surface area (Å²) in [7, 11) is 1.36. The zero-order chi connectivity index (χ0) is 10.8. The van der Waals surface area contributed by atoms with Gasteiger partial charge in [-0.15, -0.1) is 22.7 Å².